The molecule has 2 N–H and O–H groups in total. The summed E-state index contributed by atoms with van der Waals surface area (Å²) >= 11 is 0. The third-order valence-corrected chi connectivity index (χ3v) is 4.48. The van der Waals surface area contributed by atoms with Crippen molar-refractivity contribution in [2.75, 3.05) is 26.2 Å². The first kappa shape index (κ1) is 21.6. The third kappa shape index (κ3) is 8.45. The number of nitrogens with zero attached hydrogens (tertiary/aromatic N) is 2. The Morgan fingerprint density at radius 3 is 2.32 bits per heavy atom. The van der Waals surface area contributed by atoms with Crippen LogP contribution in [0, 0.1) is 11.8 Å². The number of hydrogen-bond acceptors (Lipinski definition) is 3. The highest BCUT2D eigenvalue weighted by molar-refractivity contribution is 5.80. The molecular formula is C19H38N4O2. The second-order valence-electron chi connectivity index (χ2n) is 8.31. The molecule has 1 rings (SSSR count). The number of nitrogens with one attached hydrogen (secondary N) is 2. The van der Waals surface area contributed by atoms with E-state index in [-0.39, 0.29) is 6.09 Å². The number of carbonyl (C=O) groups is 1. The first-order valence-corrected chi connectivity index (χ1v) is 9.65. The number of rotatable bonds is 5. The van der Waals surface area contributed by atoms with Crippen molar-refractivity contribution in [3.8, 4) is 0 Å². The molecule has 1 saturated heterocycles. The summed E-state index contributed by atoms with van der Waals surface area (Å²) in [5, 5.41) is 6.78. The van der Waals surface area contributed by atoms with E-state index in [4.69, 9.17) is 9.73 Å². The molecule has 6 nitrogen and oxygen atoms in total. The fourth-order valence-corrected chi connectivity index (χ4v) is 2.55. The van der Waals surface area contributed by atoms with Crippen LogP contribution in [-0.2, 0) is 4.74 Å². The Morgan fingerprint density at radius 2 is 1.84 bits per heavy atom. The predicted molar refractivity (Wildman–Crippen MR) is 104 cm³/mol. The predicted octanol–water partition coefficient (Wildman–Crippen LogP) is 3.23. The van der Waals surface area contributed by atoms with Gasteiger partial charge in [0, 0.05) is 32.2 Å². The van der Waals surface area contributed by atoms with E-state index in [9.17, 15) is 4.79 Å². The molecule has 0 spiro atoms. The van der Waals surface area contributed by atoms with E-state index in [1.807, 2.05) is 25.7 Å². The second kappa shape index (κ2) is 9.88. The SMILES string of the molecule is CCNC(=NCC1CCN(C(=O)OC(C)(C)C)CC1)NC(C)C(C)C. The van der Waals surface area contributed by atoms with E-state index < -0.39 is 5.60 Å². The van der Waals surface area contributed by atoms with E-state index in [2.05, 4.69) is 38.3 Å². The molecular weight excluding hydrogens is 316 g/mol. The van der Waals surface area contributed by atoms with Crippen molar-refractivity contribution in [3.05, 3.63) is 0 Å². The number of likely N-dealkylation sites (tertiary alicyclic amines) is 1. The zero-order chi connectivity index (χ0) is 19.0. The van der Waals surface area contributed by atoms with E-state index in [1.165, 1.54) is 0 Å². The first-order valence-electron chi connectivity index (χ1n) is 9.65. The highest BCUT2D eigenvalue weighted by Crippen LogP contribution is 2.20. The lowest BCUT2D eigenvalue weighted by Crippen LogP contribution is -2.45. The monoisotopic (exact) mass is 354 g/mol. The standard InChI is InChI=1S/C19H38N4O2/c1-8-20-17(22-15(4)14(2)3)21-13-16-9-11-23(12-10-16)18(24)25-19(5,6)7/h14-16H,8-13H2,1-7H3,(H2,20,21,22). The maximum atomic E-state index is 12.1. The Hall–Kier alpha value is -1.46. The van der Waals surface area contributed by atoms with Gasteiger partial charge >= 0.3 is 6.09 Å². The Morgan fingerprint density at radius 1 is 1.24 bits per heavy atom. The van der Waals surface area contributed by atoms with Crippen LogP contribution in [0.1, 0.15) is 61.3 Å². The molecule has 1 amide bonds. The average Bonchev–Trinajstić information content (AvgIpc) is 2.51. The fourth-order valence-electron chi connectivity index (χ4n) is 2.55. The van der Waals surface area contributed by atoms with Gasteiger partial charge in [-0.15, -0.1) is 0 Å². The summed E-state index contributed by atoms with van der Waals surface area (Å²) in [6, 6.07) is 0.381. The number of piperidine rings is 1. The third-order valence-electron chi connectivity index (χ3n) is 4.48. The highest BCUT2D eigenvalue weighted by Gasteiger charge is 2.26. The van der Waals surface area contributed by atoms with Crippen LogP contribution >= 0.6 is 0 Å². The summed E-state index contributed by atoms with van der Waals surface area (Å²) in [7, 11) is 0. The molecule has 0 aliphatic carbocycles. The van der Waals surface area contributed by atoms with Gasteiger partial charge < -0.3 is 20.3 Å². The molecule has 146 valence electrons. The molecule has 1 heterocycles. The van der Waals surface area contributed by atoms with Gasteiger partial charge in [0.25, 0.3) is 0 Å². The topological polar surface area (TPSA) is 66.0 Å². The van der Waals surface area contributed by atoms with Gasteiger partial charge in [-0.25, -0.2) is 4.79 Å². The quantitative estimate of drug-likeness (QED) is 0.588. The van der Waals surface area contributed by atoms with Crippen LogP contribution in [0.3, 0.4) is 0 Å². The first-order chi connectivity index (χ1) is 11.6. The Balaban J connectivity index is 2.47. The summed E-state index contributed by atoms with van der Waals surface area (Å²) in [6.45, 7) is 17.5. The van der Waals surface area contributed by atoms with Gasteiger partial charge in [-0.05, 0) is 59.3 Å². The molecule has 1 atom stereocenters. The minimum absolute atomic E-state index is 0.199. The van der Waals surface area contributed by atoms with E-state index >= 15 is 0 Å². The van der Waals surface area contributed by atoms with Crippen molar-refractivity contribution in [1.82, 2.24) is 15.5 Å². The van der Waals surface area contributed by atoms with Crippen molar-refractivity contribution < 1.29 is 9.53 Å². The Kier molecular flexibility index (Phi) is 8.53. The lowest BCUT2D eigenvalue weighted by atomic mass is 9.97. The minimum atomic E-state index is -0.433. The lowest BCUT2D eigenvalue weighted by molar-refractivity contribution is 0.0187. The zero-order valence-electron chi connectivity index (χ0n) is 17.2. The van der Waals surface area contributed by atoms with Gasteiger partial charge in [-0.2, -0.15) is 0 Å². The van der Waals surface area contributed by atoms with Crippen molar-refractivity contribution in [2.45, 2.75) is 73.0 Å². The Bertz CT molecular complexity index is 435. The average molecular weight is 355 g/mol. The van der Waals surface area contributed by atoms with Crippen molar-refractivity contribution in [3.63, 3.8) is 0 Å². The molecule has 0 saturated carbocycles. The zero-order valence-corrected chi connectivity index (χ0v) is 17.2. The van der Waals surface area contributed by atoms with Crippen molar-refractivity contribution in [2.24, 2.45) is 16.8 Å². The van der Waals surface area contributed by atoms with Gasteiger partial charge in [-0.1, -0.05) is 13.8 Å². The maximum absolute atomic E-state index is 12.1. The molecule has 0 aromatic carbocycles. The van der Waals surface area contributed by atoms with Gasteiger partial charge in [0.2, 0.25) is 0 Å². The molecule has 6 heteroatoms. The van der Waals surface area contributed by atoms with Gasteiger partial charge in [0.15, 0.2) is 5.96 Å². The molecule has 0 bridgehead atoms. The van der Waals surface area contributed by atoms with Crippen LogP contribution in [0.5, 0.6) is 0 Å². The summed E-state index contributed by atoms with van der Waals surface area (Å²) in [5.41, 5.74) is -0.433. The number of hydrogen-bond donors (Lipinski definition) is 2. The van der Waals surface area contributed by atoms with Crippen LogP contribution in [0.15, 0.2) is 4.99 Å². The van der Waals surface area contributed by atoms with Gasteiger partial charge in [0.05, 0.1) is 0 Å². The van der Waals surface area contributed by atoms with Gasteiger partial charge in [-0.3, -0.25) is 4.99 Å². The van der Waals surface area contributed by atoms with Gasteiger partial charge in [0.1, 0.15) is 5.60 Å². The van der Waals surface area contributed by atoms with Crippen LogP contribution in [-0.4, -0.2) is 54.8 Å². The molecule has 1 unspecified atom stereocenters. The van der Waals surface area contributed by atoms with Crippen LogP contribution < -0.4 is 10.6 Å². The molecule has 0 aromatic heterocycles. The lowest BCUT2D eigenvalue weighted by Gasteiger charge is -2.33. The van der Waals surface area contributed by atoms with Crippen molar-refractivity contribution >= 4 is 12.1 Å². The summed E-state index contributed by atoms with van der Waals surface area (Å²) in [5.74, 6) is 1.96. The number of amides is 1. The number of guanidine groups is 1. The summed E-state index contributed by atoms with van der Waals surface area (Å²) in [4.78, 5) is 18.7. The highest BCUT2D eigenvalue weighted by atomic mass is 16.6. The number of carbonyl (C=O) groups excluding carboxylic acids is 1. The smallest absolute Gasteiger partial charge is 0.410 e. The summed E-state index contributed by atoms with van der Waals surface area (Å²) < 4.78 is 5.45. The maximum Gasteiger partial charge on any atom is 0.410 e. The molecule has 1 aliphatic rings. The second-order valence-corrected chi connectivity index (χ2v) is 8.31. The fraction of sp³-hybridized carbons (Fsp3) is 0.895. The van der Waals surface area contributed by atoms with E-state index in [0.717, 1.165) is 45.0 Å². The molecule has 25 heavy (non-hydrogen) atoms. The minimum Gasteiger partial charge on any atom is -0.444 e. The van der Waals surface area contributed by atoms with Crippen LogP contribution in [0.4, 0.5) is 4.79 Å². The van der Waals surface area contributed by atoms with Crippen LogP contribution in [0.2, 0.25) is 0 Å². The van der Waals surface area contributed by atoms with Crippen LogP contribution in [0.25, 0.3) is 0 Å². The normalized spacial score (nSPS) is 18.2. The molecule has 0 radical (unpaired) electrons. The molecule has 0 aromatic rings. The number of aliphatic imine (C=N–C) groups is 1. The van der Waals surface area contributed by atoms with Crippen molar-refractivity contribution in [1.29, 1.82) is 0 Å². The van der Waals surface area contributed by atoms with E-state index in [1.54, 1.807) is 0 Å². The molecule has 1 aliphatic heterocycles. The Labute approximate surface area is 153 Å². The largest absolute Gasteiger partial charge is 0.444 e. The number of ether oxygens (including phenoxy) is 1. The van der Waals surface area contributed by atoms with E-state index in [0.29, 0.717) is 17.9 Å². The molecule has 1 fully saturated rings. The summed E-state index contributed by atoms with van der Waals surface area (Å²) in [6.07, 6.45) is 1.75.